The van der Waals surface area contributed by atoms with Crippen molar-refractivity contribution in [3.63, 3.8) is 0 Å². The maximum Gasteiger partial charge on any atom is 0.270 e. The summed E-state index contributed by atoms with van der Waals surface area (Å²) in [6.45, 7) is 14.9. The number of fused-ring (bicyclic) bond motifs is 2. The summed E-state index contributed by atoms with van der Waals surface area (Å²) in [5, 5.41) is 0.152. The van der Waals surface area contributed by atoms with Crippen LogP contribution >= 0.6 is 23.2 Å². The van der Waals surface area contributed by atoms with Gasteiger partial charge in [0.05, 0.1) is 23.2 Å². The molecule has 0 aliphatic rings. The molecular formula is C33H44Cl2N2O4. The summed E-state index contributed by atoms with van der Waals surface area (Å²) in [5.74, 6) is 1.99. The molecule has 2 atom stereocenters. The maximum atomic E-state index is 12.3. The van der Waals surface area contributed by atoms with E-state index >= 15 is 0 Å². The molecule has 3 rings (SSSR count). The predicted molar refractivity (Wildman–Crippen MR) is 169 cm³/mol. The van der Waals surface area contributed by atoms with E-state index < -0.39 is 10.5 Å². The molecule has 224 valence electrons. The molecule has 0 aliphatic carbocycles. The van der Waals surface area contributed by atoms with Crippen molar-refractivity contribution in [3.05, 3.63) is 35.2 Å². The Morgan fingerprint density at radius 2 is 1.12 bits per heavy atom. The summed E-state index contributed by atoms with van der Waals surface area (Å²) in [6, 6.07) is 5.22. The van der Waals surface area contributed by atoms with Crippen LogP contribution in [0.25, 0.3) is 21.8 Å². The first-order valence-electron chi connectivity index (χ1n) is 15.0. The molecule has 0 fully saturated rings. The molecule has 2 aromatic heterocycles. The van der Waals surface area contributed by atoms with Gasteiger partial charge in [0.2, 0.25) is 0 Å². The van der Waals surface area contributed by atoms with Crippen molar-refractivity contribution >= 4 is 55.5 Å². The molecule has 0 saturated heterocycles. The minimum Gasteiger partial charge on any atom is -0.490 e. The van der Waals surface area contributed by atoms with E-state index in [1.165, 1.54) is 0 Å². The molecule has 3 aromatic rings. The van der Waals surface area contributed by atoms with Crippen molar-refractivity contribution in [2.75, 3.05) is 0 Å². The third-order valence-electron chi connectivity index (χ3n) is 7.26. The second kappa shape index (κ2) is 15.2. The van der Waals surface area contributed by atoms with Gasteiger partial charge in [0.25, 0.3) is 10.5 Å². The molecule has 0 amide bonds. The van der Waals surface area contributed by atoms with Crippen LogP contribution in [-0.4, -0.2) is 32.7 Å². The molecule has 0 spiro atoms. The van der Waals surface area contributed by atoms with Gasteiger partial charge in [-0.1, -0.05) is 67.2 Å². The number of carbonyl (C=O) groups excluding carboxylic acids is 2. The van der Waals surface area contributed by atoms with E-state index in [0.29, 0.717) is 39.9 Å². The van der Waals surface area contributed by atoms with E-state index in [1.807, 2.05) is 13.0 Å². The zero-order valence-corrected chi connectivity index (χ0v) is 27.0. The highest BCUT2D eigenvalue weighted by Crippen LogP contribution is 2.38. The minimum atomic E-state index is -0.667. The zero-order chi connectivity index (χ0) is 30.3. The molecule has 0 bridgehead atoms. The summed E-state index contributed by atoms with van der Waals surface area (Å²) >= 11 is 11.9. The summed E-state index contributed by atoms with van der Waals surface area (Å²) in [6.07, 6.45) is 7.72. The third kappa shape index (κ3) is 8.78. The Bertz CT molecular complexity index is 1270. The average molecular weight is 604 g/mol. The van der Waals surface area contributed by atoms with Gasteiger partial charge in [-0.3, -0.25) is 9.59 Å². The van der Waals surface area contributed by atoms with Gasteiger partial charge in [0.1, 0.15) is 22.9 Å². The van der Waals surface area contributed by atoms with Crippen LogP contribution in [-0.2, 0) is 0 Å². The Kier molecular flexibility index (Phi) is 12.2. The fourth-order valence-corrected chi connectivity index (χ4v) is 5.48. The number of ether oxygens (including phenoxy) is 2. The second-order valence-corrected chi connectivity index (χ2v) is 12.6. The highest BCUT2D eigenvalue weighted by molar-refractivity contribution is 6.67. The number of hydrogen-bond donors (Lipinski definition) is 0. The van der Waals surface area contributed by atoms with Crippen LogP contribution in [0.15, 0.2) is 18.2 Å². The summed E-state index contributed by atoms with van der Waals surface area (Å²) in [4.78, 5) is 33.8. The largest absolute Gasteiger partial charge is 0.490 e. The molecule has 8 heteroatoms. The number of pyridine rings is 2. The SMILES string of the molecule is CCCCC(CC(C)C)Oc1cc(C(=O)Cl)nc2c(C)c3nc(C(=O)Cl)cc(OC(CCCC)CC(C)C)c3cc12. The Hall–Kier alpha value is -2.44. The minimum absolute atomic E-state index is 0.0237. The standard InChI is InChI=1S/C33H44Cl2N2O4/c1-8-10-12-22(14-19(3)4)40-28-17-26(32(34)38)36-30-21(7)31-25(16-24(28)30)29(18-27(37-31)33(35)39)41-23(13-11-9-2)15-20(5)6/h16-20,22-23H,8-15H2,1-7H3. The van der Waals surface area contributed by atoms with Crippen LogP contribution in [0.1, 0.15) is 119 Å². The van der Waals surface area contributed by atoms with Crippen LogP contribution in [0.2, 0.25) is 0 Å². The Balaban J connectivity index is 2.29. The highest BCUT2D eigenvalue weighted by Gasteiger charge is 2.23. The fraction of sp³-hybridized carbons (Fsp3) is 0.576. The molecule has 41 heavy (non-hydrogen) atoms. The Labute approximate surface area is 254 Å². The van der Waals surface area contributed by atoms with Crippen molar-refractivity contribution in [1.29, 1.82) is 0 Å². The average Bonchev–Trinajstić information content (AvgIpc) is 2.90. The Morgan fingerprint density at radius 1 is 0.732 bits per heavy atom. The lowest BCUT2D eigenvalue weighted by atomic mass is 10.00. The van der Waals surface area contributed by atoms with E-state index in [1.54, 1.807) is 12.1 Å². The van der Waals surface area contributed by atoms with Gasteiger partial charge in [-0.05, 0) is 73.7 Å². The molecule has 0 N–H and O–H groups in total. The van der Waals surface area contributed by atoms with Gasteiger partial charge in [0, 0.05) is 28.5 Å². The molecular weight excluding hydrogens is 559 g/mol. The number of unbranched alkanes of at least 4 members (excludes halogenated alkanes) is 2. The maximum absolute atomic E-state index is 12.3. The number of nitrogens with zero attached hydrogens (tertiary/aromatic N) is 2. The molecule has 2 heterocycles. The first-order valence-corrected chi connectivity index (χ1v) is 15.7. The summed E-state index contributed by atoms with van der Waals surface area (Å²) < 4.78 is 13.3. The smallest absolute Gasteiger partial charge is 0.270 e. The first kappa shape index (κ1) is 33.1. The van der Waals surface area contributed by atoms with Crippen LogP contribution in [0.5, 0.6) is 11.5 Å². The van der Waals surface area contributed by atoms with Gasteiger partial charge in [-0.25, -0.2) is 9.97 Å². The number of aryl methyl sites for hydroxylation is 1. The molecule has 2 unspecified atom stereocenters. The number of benzene rings is 1. The van der Waals surface area contributed by atoms with Crippen LogP contribution in [0.4, 0.5) is 0 Å². The lowest BCUT2D eigenvalue weighted by molar-refractivity contribution is 0.106. The van der Waals surface area contributed by atoms with Gasteiger partial charge in [-0.15, -0.1) is 0 Å². The molecule has 1 aromatic carbocycles. The quantitative estimate of drug-likeness (QED) is 0.120. The molecule has 0 saturated carbocycles. The number of rotatable bonds is 16. The predicted octanol–water partition coefficient (Wildman–Crippen LogP) is 9.82. The zero-order valence-electron chi connectivity index (χ0n) is 25.5. The molecule has 6 nitrogen and oxygen atoms in total. The lowest BCUT2D eigenvalue weighted by Crippen LogP contribution is -2.20. The topological polar surface area (TPSA) is 78.4 Å². The summed E-state index contributed by atoms with van der Waals surface area (Å²) in [7, 11) is 0. The monoisotopic (exact) mass is 602 g/mol. The summed E-state index contributed by atoms with van der Waals surface area (Å²) in [5.41, 5.74) is 1.98. The van der Waals surface area contributed by atoms with Crippen LogP contribution in [0.3, 0.4) is 0 Å². The van der Waals surface area contributed by atoms with E-state index in [4.69, 9.17) is 32.7 Å². The number of aromatic nitrogens is 2. The first-order chi connectivity index (χ1) is 19.4. The molecule has 0 radical (unpaired) electrons. The van der Waals surface area contributed by atoms with Crippen molar-refractivity contribution < 1.29 is 19.1 Å². The van der Waals surface area contributed by atoms with Crippen molar-refractivity contribution in [1.82, 2.24) is 9.97 Å². The van der Waals surface area contributed by atoms with Gasteiger partial charge >= 0.3 is 0 Å². The number of halogens is 2. The van der Waals surface area contributed by atoms with Gasteiger partial charge in [0.15, 0.2) is 0 Å². The highest BCUT2D eigenvalue weighted by atomic mass is 35.5. The normalized spacial score (nSPS) is 13.2. The molecule has 0 aliphatic heterocycles. The fourth-order valence-electron chi connectivity index (χ4n) is 5.29. The van der Waals surface area contributed by atoms with E-state index in [2.05, 4.69) is 51.5 Å². The van der Waals surface area contributed by atoms with Crippen molar-refractivity contribution in [2.45, 2.75) is 112 Å². The number of carbonyl (C=O) groups is 2. The van der Waals surface area contributed by atoms with E-state index in [0.717, 1.165) is 62.1 Å². The van der Waals surface area contributed by atoms with Crippen LogP contribution in [0, 0.1) is 18.8 Å². The Morgan fingerprint density at radius 3 is 1.44 bits per heavy atom. The second-order valence-electron chi connectivity index (χ2n) is 11.9. The van der Waals surface area contributed by atoms with Crippen molar-refractivity contribution in [2.24, 2.45) is 11.8 Å². The van der Waals surface area contributed by atoms with E-state index in [-0.39, 0.29) is 23.6 Å². The van der Waals surface area contributed by atoms with Gasteiger partial charge < -0.3 is 9.47 Å². The van der Waals surface area contributed by atoms with E-state index in [9.17, 15) is 9.59 Å². The van der Waals surface area contributed by atoms with Crippen LogP contribution < -0.4 is 9.47 Å². The lowest BCUT2D eigenvalue weighted by Gasteiger charge is -2.24. The van der Waals surface area contributed by atoms with Crippen molar-refractivity contribution in [3.8, 4) is 11.5 Å². The van der Waals surface area contributed by atoms with Gasteiger partial charge in [-0.2, -0.15) is 0 Å². The third-order valence-corrected chi connectivity index (χ3v) is 7.65. The number of hydrogen-bond acceptors (Lipinski definition) is 6.